The molecule has 0 aliphatic carbocycles. The topological polar surface area (TPSA) is 75.3 Å². The Morgan fingerprint density at radius 3 is 2.59 bits per heavy atom. The molecule has 0 saturated heterocycles. The zero-order chi connectivity index (χ0) is 16.2. The number of aromatic nitrogens is 2. The van der Waals surface area contributed by atoms with Gasteiger partial charge in [-0.05, 0) is 25.7 Å². The minimum Gasteiger partial charge on any atom is -0.357 e. The van der Waals surface area contributed by atoms with Crippen molar-refractivity contribution in [1.29, 1.82) is 0 Å². The minimum absolute atomic E-state index is 0.431. The summed E-state index contributed by atoms with van der Waals surface area (Å²) in [5.41, 5.74) is 0. The van der Waals surface area contributed by atoms with Crippen molar-refractivity contribution in [1.82, 2.24) is 20.8 Å². The Hall–Kier alpha value is -1.59. The van der Waals surface area contributed by atoms with E-state index in [4.69, 9.17) is 4.52 Å². The number of unbranched alkanes of at least 4 members (excludes halogenated alkanes) is 1. The van der Waals surface area contributed by atoms with Crippen LogP contribution in [0.4, 0.5) is 0 Å². The SMILES string of the molecule is CCCCC(CCC)CNC(=NCc1noc(C)n1)NCC. The van der Waals surface area contributed by atoms with Crippen LogP contribution in [0.25, 0.3) is 0 Å². The maximum atomic E-state index is 4.96. The third kappa shape index (κ3) is 7.43. The van der Waals surface area contributed by atoms with Crippen LogP contribution in [0.2, 0.25) is 0 Å². The lowest BCUT2D eigenvalue weighted by atomic mass is 9.97. The Morgan fingerprint density at radius 2 is 2.00 bits per heavy atom. The van der Waals surface area contributed by atoms with Crippen molar-refractivity contribution in [3.8, 4) is 0 Å². The van der Waals surface area contributed by atoms with Gasteiger partial charge in [-0.2, -0.15) is 4.98 Å². The predicted molar refractivity (Wildman–Crippen MR) is 89.8 cm³/mol. The molecule has 0 spiro atoms. The highest BCUT2D eigenvalue weighted by Crippen LogP contribution is 2.13. The summed E-state index contributed by atoms with van der Waals surface area (Å²) in [4.78, 5) is 8.69. The van der Waals surface area contributed by atoms with E-state index in [1.54, 1.807) is 6.92 Å². The second-order valence-electron chi connectivity index (χ2n) is 5.60. The smallest absolute Gasteiger partial charge is 0.223 e. The van der Waals surface area contributed by atoms with Gasteiger partial charge in [-0.25, -0.2) is 4.99 Å². The summed E-state index contributed by atoms with van der Waals surface area (Å²) < 4.78 is 4.96. The molecule has 0 bridgehead atoms. The third-order valence-electron chi connectivity index (χ3n) is 3.51. The fourth-order valence-corrected chi connectivity index (χ4v) is 2.39. The lowest BCUT2D eigenvalue weighted by Crippen LogP contribution is -2.39. The van der Waals surface area contributed by atoms with Crippen LogP contribution < -0.4 is 10.6 Å². The molecular formula is C16H31N5O. The summed E-state index contributed by atoms with van der Waals surface area (Å²) in [6.45, 7) is 10.6. The Bertz CT molecular complexity index is 430. The largest absolute Gasteiger partial charge is 0.357 e. The Labute approximate surface area is 134 Å². The second-order valence-corrected chi connectivity index (χ2v) is 5.60. The molecule has 1 aromatic rings. The highest BCUT2D eigenvalue weighted by Gasteiger charge is 2.09. The van der Waals surface area contributed by atoms with Crippen molar-refractivity contribution >= 4 is 5.96 Å². The molecule has 1 aromatic heterocycles. The second kappa shape index (κ2) is 11.0. The quantitative estimate of drug-likeness (QED) is 0.513. The van der Waals surface area contributed by atoms with Crippen LogP contribution in [-0.4, -0.2) is 29.2 Å². The van der Waals surface area contributed by atoms with Crippen molar-refractivity contribution in [2.45, 2.75) is 66.3 Å². The first kappa shape index (κ1) is 18.5. The van der Waals surface area contributed by atoms with E-state index in [9.17, 15) is 0 Å². The lowest BCUT2D eigenvalue weighted by Gasteiger charge is -2.18. The summed E-state index contributed by atoms with van der Waals surface area (Å²) in [7, 11) is 0. The van der Waals surface area contributed by atoms with Crippen molar-refractivity contribution in [2.75, 3.05) is 13.1 Å². The third-order valence-corrected chi connectivity index (χ3v) is 3.51. The molecular weight excluding hydrogens is 278 g/mol. The summed E-state index contributed by atoms with van der Waals surface area (Å²) in [5, 5.41) is 10.6. The van der Waals surface area contributed by atoms with Gasteiger partial charge in [-0.3, -0.25) is 0 Å². The highest BCUT2D eigenvalue weighted by molar-refractivity contribution is 5.79. The van der Waals surface area contributed by atoms with E-state index >= 15 is 0 Å². The van der Waals surface area contributed by atoms with E-state index in [1.807, 2.05) is 0 Å². The van der Waals surface area contributed by atoms with Gasteiger partial charge in [0.05, 0.1) is 0 Å². The number of aliphatic imine (C=N–C) groups is 1. The van der Waals surface area contributed by atoms with Gasteiger partial charge in [0.2, 0.25) is 5.89 Å². The van der Waals surface area contributed by atoms with Crippen LogP contribution in [0, 0.1) is 12.8 Å². The fraction of sp³-hybridized carbons (Fsp3) is 0.812. The molecule has 0 aromatic carbocycles. The molecule has 0 radical (unpaired) electrons. The van der Waals surface area contributed by atoms with Crippen molar-refractivity contribution in [2.24, 2.45) is 10.9 Å². The van der Waals surface area contributed by atoms with Gasteiger partial charge in [0.1, 0.15) is 6.54 Å². The number of nitrogens with zero attached hydrogens (tertiary/aromatic N) is 3. The molecule has 6 heteroatoms. The van der Waals surface area contributed by atoms with Gasteiger partial charge >= 0.3 is 0 Å². The molecule has 1 unspecified atom stereocenters. The maximum Gasteiger partial charge on any atom is 0.223 e. The molecule has 0 amide bonds. The van der Waals surface area contributed by atoms with E-state index < -0.39 is 0 Å². The molecule has 0 saturated carbocycles. The number of hydrogen-bond acceptors (Lipinski definition) is 4. The van der Waals surface area contributed by atoms with Gasteiger partial charge in [0, 0.05) is 20.0 Å². The van der Waals surface area contributed by atoms with E-state index in [2.05, 4.69) is 46.5 Å². The van der Waals surface area contributed by atoms with Crippen LogP contribution in [-0.2, 0) is 6.54 Å². The van der Waals surface area contributed by atoms with Gasteiger partial charge in [-0.15, -0.1) is 0 Å². The van der Waals surface area contributed by atoms with Crippen LogP contribution >= 0.6 is 0 Å². The Kier molecular flexibility index (Phi) is 9.26. The number of hydrogen-bond donors (Lipinski definition) is 2. The number of rotatable bonds is 10. The molecule has 1 heterocycles. The summed E-state index contributed by atoms with van der Waals surface area (Å²) in [6, 6.07) is 0. The molecule has 6 nitrogen and oxygen atoms in total. The predicted octanol–water partition coefficient (Wildman–Crippen LogP) is 3.04. The van der Waals surface area contributed by atoms with Crippen LogP contribution in [0.5, 0.6) is 0 Å². The van der Waals surface area contributed by atoms with E-state index in [0.717, 1.165) is 19.0 Å². The van der Waals surface area contributed by atoms with Gasteiger partial charge < -0.3 is 15.2 Å². The fourth-order valence-electron chi connectivity index (χ4n) is 2.39. The summed E-state index contributed by atoms with van der Waals surface area (Å²) in [6.07, 6.45) is 6.32. The number of aryl methyl sites for hydroxylation is 1. The summed E-state index contributed by atoms with van der Waals surface area (Å²) >= 11 is 0. The first-order valence-electron chi connectivity index (χ1n) is 8.50. The van der Waals surface area contributed by atoms with E-state index in [1.165, 1.54) is 32.1 Å². The minimum atomic E-state index is 0.431. The highest BCUT2D eigenvalue weighted by atomic mass is 16.5. The standard InChI is InChI=1S/C16H31N5O/c1-5-8-10-14(9-6-2)11-18-16(17-7-3)19-12-15-20-13(4)22-21-15/h14H,5-12H2,1-4H3,(H2,17,18,19). The average molecular weight is 309 g/mol. The molecule has 126 valence electrons. The van der Waals surface area contributed by atoms with Crippen molar-refractivity contribution in [3.05, 3.63) is 11.7 Å². The monoisotopic (exact) mass is 309 g/mol. The van der Waals surface area contributed by atoms with E-state index in [0.29, 0.717) is 24.2 Å². The van der Waals surface area contributed by atoms with E-state index in [-0.39, 0.29) is 0 Å². The Morgan fingerprint density at radius 1 is 1.18 bits per heavy atom. The lowest BCUT2D eigenvalue weighted by molar-refractivity contribution is 0.387. The first-order valence-corrected chi connectivity index (χ1v) is 8.50. The molecule has 0 fully saturated rings. The zero-order valence-electron chi connectivity index (χ0n) is 14.5. The van der Waals surface area contributed by atoms with Gasteiger partial charge in [0.15, 0.2) is 11.8 Å². The summed E-state index contributed by atoms with van der Waals surface area (Å²) in [5.74, 6) is 2.72. The Balaban J connectivity index is 2.50. The average Bonchev–Trinajstić information content (AvgIpc) is 2.92. The molecule has 22 heavy (non-hydrogen) atoms. The van der Waals surface area contributed by atoms with Crippen LogP contribution in [0.15, 0.2) is 9.52 Å². The molecule has 0 aliphatic rings. The van der Waals surface area contributed by atoms with Crippen LogP contribution in [0.1, 0.15) is 64.6 Å². The molecule has 0 aliphatic heterocycles. The number of guanidine groups is 1. The molecule has 1 rings (SSSR count). The number of nitrogens with one attached hydrogen (secondary N) is 2. The van der Waals surface area contributed by atoms with Gasteiger partial charge in [0.25, 0.3) is 0 Å². The first-order chi connectivity index (χ1) is 10.7. The zero-order valence-corrected chi connectivity index (χ0v) is 14.5. The normalized spacial score (nSPS) is 13.2. The van der Waals surface area contributed by atoms with Crippen molar-refractivity contribution in [3.63, 3.8) is 0 Å². The van der Waals surface area contributed by atoms with Gasteiger partial charge in [-0.1, -0.05) is 38.3 Å². The molecule has 1 atom stereocenters. The van der Waals surface area contributed by atoms with Crippen LogP contribution in [0.3, 0.4) is 0 Å². The maximum absolute atomic E-state index is 4.96. The van der Waals surface area contributed by atoms with Crippen molar-refractivity contribution < 1.29 is 4.52 Å². The molecule has 2 N–H and O–H groups in total.